The zero-order valence-electron chi connectivity index (χ0n) is 14.9. The molecule has 0 bridgehead atoms. The molecule has 0 atom stereocenters. The van der Waals surface area contributed by atoms with Gasteiger partial charge in [-0.1, -0.05) is 0 Å². The van der Waals surface area contributed by atoms with Gasteiger partial charge in [-0.25, -0.2) is 0 Å². The van der Waals surface area contributed by atoms with E-state index in [9.17, 15) is 13.2 Å². The molecule has 0 heterocycles. The first-order valence-corrected chi connectivity index (χ1v) is 24.6. The normalized spacial score (nSPS) is 19.0. The number of rotatable bonds is 5. The first-order chi connectivity index (χ1) is 9.79. The summed E-state index contributed by atoms with van der Waals surface area (Å²) in [5.74, 6) is 3.12. The summed E-state index contributed by atoms with van der Waals surface area (Å²) in [7, 11) is 6.74. The van der Waals surface area contributed by atoms with Crippen LogP contribution >= 0.6 is 0 Å². The van der Waals surface area contributed by atoms with Crippen LogP contribution in [0.3, 0.4) is 0 Å². The molecule has 1 rings (SSSR count). The summed E-state index contributed by atoms with van der Waals surface area (Å²) in [4.78, 5) is 0. The fraction of sp³-hybridized carbons (Fsp3) is 0.714. The van der Waals surface area contributed by atoms with Crippen molar-refractivity contribution < 1.29 is 30.3 Å². The Labute approximate surface area is 134 Å². The molecule has 0 aliphatic heterocycles. The van der Waals surface area contributed by atoms with Crippen LogP contribution in [-0.4, -0.2) is 65.3 Å². The molecule has 0 saturated heterocycles. The zero-order valence-corrected chi connectivity index (χ0v) is 19.5. The van der Waals surface area contributed by atoms with Crippen molar-refractivity contribution in [2.75, 3.05) is 42.3 Å². The molecule has 3 nitrogen and oxygen atoms in total. The predicted molar refractivity (Wildman–Crippen MR) is 86.4 cm³/mol. The number of halogens is 3. The van der Waals surface area contributed by atoms with Gasteiger partial charge in [0.1, 0.15) is 0 Å². The van der Waals surface area contributed by atoms with E-state index in [4.69, 9.17) is 0 Å². The van der Waals surface area contributed by atoms with Crippen LogP contribution < -0.4 is 0 Å². The second kappa shape index (κ2) is 6.14. The van der Waals surface area contributed by atoms with Crippen molar-refractivity contribution >= 4 is 9.48 Å². The molecule has 0 spiro atoms. The summed E-state index contributed by atoms with van der Waals surface area (Å²) in [6, 6.07) is 0. The van der Waals surface area contributed by atoms with Crippen LogP contribution in [-0.2, 0) is 17.1 Å². The Hall–Kier alpha value is 0.576. The van der Waals surface area contributed by atoms with Crippen LogP contribution in [0.1, 0.15) is 6.42 Å². The quantitative estimate of drug-likeness (QED) is 0.584. The average molecular weight is 460 g/mol. The second-order valence-electron chi connectivity index (χ2n) is 7.23. The molecule has 0 N–H and O–H groups in total. The summed E-state index contributed by atoms with van der Waals surface area (Å²) in [6.07, 6.45) is 6.47. The minimum absolute atomic E-state index is 0.630. The monoisotopic (exact) mass is 460 g/mol. The van der Waals surface area contributed by atoms with Crippen molar-refractivity contribution in [1.82, 2.24) is 8.53 Å². The van der Waals surface area contributed by atoms with Crippen LogP contribution in [0.5, 0.6) is 0 Å². The molecule has 8 heteroatoms. The topological polar surface area (TPSA) is 9.72 Å². The van der Waals surface area contributed by atoms with Crippen molar-refractivity contribution in [1.29, 1.82) is 0 Å². The van der Waals surface area contributed by atoms with Gasteiger partial charge in [0.15, 0.2) is 0 Å². The second-order valence-corrected chi connectivity index (χ2v) is 56.2. The molecule has 0 radical (unpaired) electrons. The summed E-state index contributed by atoms with van der Waals surface area (Å²) >= 11 is -4.86. The molecule has 129 valence electrons. The van der Waals surface area contributed by atoms with Crippen molar-refractivity contribution in [3.8, 4) is 0 Å². The van der Waals surface area contributed by atoms with E-state index < -0.39 is 31.6 Å². The van der Waals surface area contributed by atoms with Crippen LogP contribution in [0.2, 0.25) is 11.5 Å². The van der Waals surface area contributed by atoms with Crippen molar-refractivity contribution in [3.63, 3.8) is 0 Å². The number of hydrogen-bond acceptors (Lipinski definition) is 3. The number of alkyl halides is 3. The summed E-state index contributed by atoms with van der Waals surface area (Å²) in [6.45, 7) is 0. The third-order valence-corrected chi connectivity index (χ3v) is 83.5. The maximum atomic E-state index is 14.3. The SMILES string of the molecule is C[N](C)[Zr]([C]1=CC=CC1)([N](C)C)([N](C)C)[Ge]([CH3])([CH3])[C](F)(F)F. The van der Waals surface area contributed by atoms with Gasteiger partial charge >= 0.3 is 135 Å². The van der Waals surface area contributed by atoms with Gasteiger partial charge in [0.25, 0.3) is 0 Å². The van der Waals surface area contributed by atoms with E-state index in [1.54, 1.807) is 11.5 Å². The summed E-state index contributed by atoms with van der Waals surface area (Å²) in [5.41, 5.74) is 0. The molecule has 0 saturated carbocycles. The average Bonchev–Trinajstić information content (AvgIpc) is 2.81. The molecule has 0 aromatic heterocycles. The molecule has 1 aliphatic rings. The Kier molecular flexibility index (Phi) is 5.75. The minimum atomic E-state index is -4.86. The number of allylic oxidation sites excluding steroid dienone is 4. The zero-order chi connectivity index (χ0) is 17.6. The van der Waals surface area contributed by atoms with E-state index in [-0.39, 0.29) is 0 Å². The van der Waals surface area contributed by atoms with Crippen LogP contribution in [0, 0.1) is 0 Å². The van der Waals surface area contributed by atoms with E-state index in [0.29, 0.717) is 6.42 Å². The van der Waals surface area contributed by atoms with E-state index in [1.165, 1.54) is 0 Å². The van der Waals surface area contributed by atoms with Crippen LogP contribution in [0.15, 0.2) is 21.5 Å². The molecule has 0 unspecified atom stereocenters. The van der Waals surface area contributed by atoms with Gasteiger partial charge in [-0.3, -0.25) is 0 Å². The Morgan fingerprint density at radius 3 is 1.59 bits per heavy atom. The van der Waals surface area contributed by atoms with Gasteiger partial charge in [-0.2, -0.15) is 0 Å². The predicted octanol–water partition coefficient (Wildman–Crippen LogP) is 3.26. The Balaban J connectivity index is 4.00. The van der Waals surface area contributed by atoms with Gasteiger partial charge < -0.3 is 0 Å². The van der Waals surface area contributed by atoms with E-state index >= 15 is 0 Å². The molecule has 0 amide bonds. The van der Waals surface area contributed by atoms with E-state index in [2.05, 4.69) is 0 Å². The van der Waals surface area contributed by atoms with Crippen molar-refractivity contribution in [3.05, 3.63) is 21.5 Å². The Morgan fingerprint density at radius 2 is 1.36 bits per heavy atom. The fourth-order valence-electron chi connectivity index (χ4n) is 5.19. The molecule has 0 fully saturated rings. The van der Waals surface area contributed by atoms with Crippen LogP contribution in [0.4, 0.5) is 13.2 Å². The van der Waals surface area contributed by atoms with Gasteiger partial charge in [-0.15, -0.1) is 0 Å². The molecule has 1 aliphatic carbocycles. The Bertz CT molecular complexity index is 472. The fourth-order valence-corrected chi connectivity index (χ4v) is 89.4. The summed E-state index contributed by atoms with van der Waals surface area (Å²) < 4.78 is 49.9. The molecule has 0 aromatic carbocycles. The van der Waals surface area contributed by atoms with E-state index in [1.807, 2.05) is 69.0 Å². The van der Waals surface area contributed by atoms with Gasteiger partial charge in [-0.05, 0) is 0 Å². The first-order valence-electron chi connectivity index (χ1n) is 7.39. The maximum absolute atomic E-state index is 14.3. The van der Waals surface area contributed by atoms with E-state index in [0.717, 1.165) is 3.28 Å². The Morgan fingerprint density at radius 1 is 0.955 bits per heavy atom. The first kappa shape index (κ1) is 20.6. The molecule has 0 aromatic rings. The molecule has 22 heavy (non-hydrogen) atoms. The molecular weight excluding hydrogens is 431 g/mol. The third kappa shape index (κ3) is 2.15. The van der Waals surface area contributed by atoms with Crippen LogP contribution in [0.25, 0.3) is 0 Å². The third-order valence-electron chi connectivity index (χ3n) is 5.76. The van der Waals surface area contributed by atoms with Crippen molar-refractivity contribution in [2.24, 2.45) is 0 Å². The van der Waals surface area contributed by atoms with Gasteiger partial charge in [0.2, 0.25) is 0 Å². The standard InChI is InChI=1S/C5H5.C3H6F3Ge.3C2H6N.Zr/c1-2-4-5-3-1;1-7(2)3(4,5)6;3*1-3-2;/h1-3H,4H2;1-2H3;3*1-2H3;/q;;3*-1;+3. The van der Waals surface area contributed by atoms with Gasteiger partial charge in [0.05, 0.1) is 0 Å². The van der Waals surface area contributed by atoms with Gasteiger partial charge in [0, 0.05) is 0 Å². The summed E-state index contributed by atoms with van der Waals surface area (Å²) in [5, 5.41) is -4.12. The number of nitrogens with zero attached hydrogens (tertiary/aromatic N) is 3. The number of hydrogen-bond donors (Lipinski definition) is 0. The molecular formula is C14H29F3GeN3Zr. The van der Waals surface area contributed by atoms with Crippen molar-refractivity contribution in [2.45, 2.75) is 22.9 Å².